The summed E-state index contributed by atoms with van der Waals surface area (Å²) in [7, 11) is 0. The van der Waals surface area contributed by atoms with Gasteiger partial charge in [0, 0.05) is 17.1 Å². The van der Waals surface area contributed by atoms with Crippen LogP contribution in [0.1, 0.15) is 22.7 Å². The van der Waals surface area contributed by atoms with Crippen LogP contribution in [0.5, 0.6) is 0 Å². The van der Waals surface area contributed by atoms with E-state index in [1.165, 1.54) is 11.1 Å². The summed E-state index contributed by atoms with van der Waals surface area (Å²) in [6, 6.07) is 10.2. The zero-order valence-corrected chi connectivity index (χ0v) is 11.4. The molecular weight excluding hydrogens is 254 g/mol. The molecule has 19 heavy (non-hydrogen) atoms. The zero-order chi connectivity index (χ0) is 13.2. The van der Waals surface area contributed by atoms with E-state index in [1.807, 2.05) is 18.3 Å². The first-order chi connectivity index (χ1) is 9.31. The molecule has 0 saturated carbocycles. The topological polar surface area (TPSA) is 50.9 Å². The molecule has 4 heteroatoms. The summed E-state index contributed by atoms with van der Waals surface area (Å²) in [6.07, 6.45) is 1.82. The van der Waals surface area contributed by atoms with Crippen LogP contribution in [-0.2, 0) is 0 Å². The Morgan fingerprint density at radius 2 is 2.00 bits per heavy atom. The standard InChI is InChI=1S/C15H15N3S/c1-10-8-19-9-13(10)15(18-16)12-6-2-4-11-5-3-7-17-14(11)12/h2-9,15,18H,16H2,1H3. The maximum absolute atomic E-state index is 5.78. The third-order valence-electron chi connectivity index (χ3n) is 3.35. The fourth-order valence-electron chi connectivity index (χ4n) is 2.37. The number of thiophene rings is 1. The van der Waals surface area contributed by atoms with Gasteiger partial charge in [0.25, 0.3) is 0 Å². The smallest absolute Gasteiger partial charge is 0.0753 e. The van der Waals surface area contributed by atoms with Gasteiger partial charge in [-0.3, -0.25) is 10.8 Å². The fraction of sp³-hybridized carbons (Fsp3) is 0.133. The maximum atomic E-state index is 5.78. The van der Waals surface area contributed by atoms with E-state index < -0.39 is 0 Å². The van der Waals surface area contributed by atoms with Crippen molar-refractivity contribution in [3.05, 3.63) is 64.0 Å². The van der Waals surface area contributed by atoms with Gasteiger partial charge >= 0.3 is 0 Å². The van der Waals surface area contributed by atoms with Crippen molar-refractivity contribution in [2.24, 2.45) is 5.84 Å². The van der Waals surface area contributed by atoms with E-state index in [0.717, 1.165) is 16.5 Å². The number of aromatic nitrogens is 1. The van der Waals surface area contributed by atoms with Gasteiger partial charge in [0.15, 0.2) is 0 Å². The van der Waals surface area contributed by atoms with Gasteiger partial charge in [-0.25, -0.2) is 5.43 Å². The second-order valence-electron chi connectivity index (χ2n) is 4.53. The first-order valence-electron chi connectivity index (χ1n) is 6.13. The van der Waals surface area contributed by atoms with E-state index in [4.69, 9.17) is 5.84 Å². The molecule has 3 nitrogen and oxygen atoms in total. The Bertz CT molecular complexity index is 700. The quantitative estimate of drug-likeness (QED) is 0.567. The molecule has 0 radical (unpaired) electrons. The Labute approximate surface area is 116 Å². The van der Waals surface area contributed by atoms with Crippen LogP contribution >= 0.6 is 11.3 Å². The van der Waals surface area contributed by atoms with Crippen LogP contribution in [0.4, 0.5) is 0 Å². The summed E-state index contributed by atoms with van der Waals surface area (Å²) in [5, 5.41) is 5.41. The molecule has 0 aliphatic carbocycles. The number of nitrogens with one attached hydrogen (secondary N) is 1. The molecule has 3 rings (SSSR count). The third-order valence-corrected chi connectivity index (χ3v) is 4.23. The number of nitrogens with two attached hydrogens (primary N) is 1. The number of fused-ring (bicyclic) bond motifs is 1. The Kier molecular flexibility index (Phi) is 3.29. The van der Waals surface area contributed by atoms with Crippen LogP contribution in [0.25, 0.3) is 10.9 Å². The largest absolute Gasteiger partial charge is 0.271 e. The Hall–Kier alpha value is -1.75. The molecule has 2 heterocycles. The molecule has 1 aromatic carbocycles. The van der Waals surface area contributed by atoms with Crippen molar-refractivity contribution in [1.82, 2.24) is 10.4 Å². The van der Waals surface area contributed by atoms with Crippen LogP contribution in [0.15, 0.2) is 47.3 Å². The molecule has 0 amide bonds. The van der Waals surface area contributed by atoms with Crippen molar-refractivity contribution in [2.75, 3.05) is 0 Å². The lowest BCUT2D eigenvalue weighted by molar-refractivity contribution is 0.639. The molecule has 2 aromatic heterocycles. The van der Waals surface area contributed by atoms with Crippen molar-refractivity contribution in [3.63, 3.8) is 0 Å². The summed E-state index contributed by atoms with van der Waals surface area (Å²) in [4.78, 5) is 4.50. The summed E-state index contributed by atoms with van der Waals surface area (Å²) in [5.41, 5.74) is 7.50. The maximum Gasteiger partial charge on any atom is 0.0753 e. The van der Waals surface area contributed by atoms with E-state index >= 15 is 0 Å². The SMILES string of the molecule is Cc1cscc1C(NN)c1cccc2cccnc12. The van der Waals surface area contributed by atoms with Crippen molar-refractivity contribution in [2.45, 2.75) is 13.0 Å². The molecule has 1 unspecified atom stereocenters. The molecule has 0 bridgehead atoms. The molecule has 3 N–H and O–H groups in total. The normalized spacial score (nSPS) is 12.7. The van der Waals surface area contributed by atoms with Gasteiger partial charge in [-0.1, -0.05) is 24.3 Å². The van der Waals surface area contributed by atoms with Crippen molar-refractivity contribution < 1.29 is 0 Å². The molecule has 0 fully saturated rings. The molecule has 3 aromatic rings. The van der Waals surface area contributed by atoms with Crippen LogP contribution in [0.3, 0.4) is 0 Å². The van der Waals surface area contributed by atoms with Gasteiger partial charge in [-0.2, -0.15) is 11.3 Å². The summed E-state index contributed by atoms with van der Waals surface area (Å²) >= 11 is 1.69. The number of pyridine rings is 1. The monoisotopic (exact) mass is 269 g/mol. The van der Waals surface area contributed by atoms with Gasteiger partial charge in [0.05, 0.1) is 11.6 Å². The second-order valence-corrected chi connectivity index (χ2v) is 5.28. The highest BCUT2D eigenvalue weighted by atomic mass is 32.1. The van der Waals surface area contributed by atoms with Crippen LogP contribution < -0.4 is 11.3 Å². The summed E-state index contributed by atoms with van der Waals surface area (Å²) < 4.78 is 0. The number of benzene rings is 1. The highest BCUT2D eigenvalue weighted by molar-refractivity contribution is 7.08. The van der Waals surface area contributed by atoms with Crippen molar-refractivity contribution in [1.29, 1.82) is 0 Å². The van der Waals surface area contributed by atoms with E-state index in [-0.39, 0.29) is 6.04 Å². The molecular formula is C15H15N3S. The van der Waals surface area contributed by atoms with Gasteiger partial charge in [-0.05, 0) is 34.9 Å². The van der Waals surface area contributed by atoms with Gasteiger partial charge in [0.1, 0.15) is 0 Å². The van der Waals surface area contributed by atoms with E-state index in [2.05, 4.69) is 46.3 Å². The molecule has 0 saturated heterocycles. The molecule has 1 atom stereocenters. The first-order valence-corrected chi connectivity index (χ1v) is 7.08. The molecule has 0 aliphatic heterocycles. The van der Waals surface area contributed by atoms with Crippen LogP contribution in [0.2, 0.25) is 0 Å². The van der Waals surface area contributed by atoms with Gasteiger partial charge < -0.3 is 0 Å². The minimum absolute atomic E-state index is 0.0233. The number of hydrogen-bond acceptors (Lipinski definition) is 4. The summed E-state index contributed by atoms with van der Waals surface area (Å²) in [5.74, 6) is 5.78. The highest BCUT2D eigenvalue weighted by Gasteiger charge is 2.18. The lowest BCUT2D eigenvalue weighted by Gasteiger charge is -2.18. The number of para-hydroxylation sites is 1. The fourth-order valence-corrected chi connectivity index (χ4v) is 3.25. The predicted octanol–water partition coefficient (Wildman–Crippen LogP) is 3.16. The minimum Gasteiger partial charge on any atom is -0.271 e. The van der Waals surface area contributed by atoms with E-state index in [0.29, 0.717) is 0 Å². The lowest BCUT2D eigenvalue weighted by atomic mass is 9.96. The zero-order valence-electron chi connectivity index (χ0n) is 10.6. The number of hydrazine groups is 1. The minimum atomic E-state index is -0.0233. The third kappa shape index (κ3) is 2.14. The molecule has 96 valence electrons. The Morgan fingerprint density at radius 1 is 1.16 bits per heavy atom. The number of aryl methyl sites for hydroxylation is 1. The highest BCUT2D eigenvalue weighted by Crippen LogP contribution is 2.30. The van der Waals surface area contributed by atoms with Crippen molar-refractivity contribution >= 4 is 22.2 Å². The van der Waals surface area contributed by atoms with Crippen LogP contribution in [-0.4, -0.2) is 4.98 Å². The first kappa shape index (κ1) is 12.3. The average Bonchev–Trinajstić information content (AvgIpc) is 2.86. The lowest BCUT2D eigenvalue weighted by Crippen LogP contribution is -2.29. The number of nitrogens with zero attached hydrogens (tertiary/aromatic N) is 1. The average molecular weight is 269 g/mol. The van der Waals surface area contributed by atoms with Crippen LogP contribution in [0, 0.1) is 6.92 Å². The van der Waals surface area contributed by atoms with E-state index in [1.54, 1.807) is 11.3 Å². The number of rotatable bonds is 3. The Balaban J connectivity index is 2.20. The molecule has 0 aliphatic rings. The Morgan fingerprint density at radius 3 is 2.74 bits per heavy atom. The van der Waals surface area contributed by atoms with Gasteiger partial charge in [-0.15, -0.1) is 0 Å². The summed E-state index contributed by atoms with van der Waals surface area (Å²) in [6.45, 7) is 2.11. The van der Waals surface area contributed by atoms with Crippen molar-refractivity contribution in [3.8, 4) is 0 Å². The number of hydrogen-bond donors (Lipinski definition) is 2. The second kappa shape index (κ2) is 5.09. The predicted molar refractivity (Wildman–Crippen MR) is 80.0 cm³/mol. The molecule has 0 spiro atoms. The van der Waals surface area contributed by atoms with E-state index in [9.17, 15) is 0 Å². The van der Waals surface area contributed by atoms with Gasteiger partial charge in [0.2, 0.25) is 0 Å².